The summed E-state index contributed by atoms with van der Waals surface area (Å²) in [6, 6.07) is 0. The third-order valence-electron chi connectivity index (χ3n) is 2.95. The molecule has 0 radical (unpaired) electrons. The van der Waals surface area contributed by atoms with Crippen LogP contribution < -0.4 is 5.56 Å². The summed E-state index contributed by atoms with van der Waals surface area (Å²) in [4.78, 5) is 31.8. The number of nitrogens with zero attached hydrogens (tertiary/aromatic N) is 3. The number of rotatable bonds is 4. The van der Waals surface area contributed by atoms with E-state index in [1.165, 1.54) is 10.7 Å². The molecule has 6 heteroatoms. The van der Waals surface area contributed by atoms with E-state index in [1.54, 1.807) is 0 Å². The maximum Gasteiger partial charge on any atom is 0.275 e. The van der Waals surface area contributed by atoms with Gasteiger partial charge in [-0.2, -0.15) is 0 Å². The summed E-state index contributed by atoms with van der Waals surface area (Å²) in [7, 11) is 0. The Morgan fingerprint density at radius 1 is 1.53 bits per heavy atom. The predicted molar refractivity (Wildman–Crippen MR) is 70.7 cm³/mol. The molecule has 2 rings (SSSR count). The smallest absolute Gasteiger partial charge is 0.275 e. The van der Waals surface area contributed by atoms with Crippen molar-refractivity contribution in [2.45, 2.75) is 33.1 Å². The third-order valence-corrected chi connectivity index (χ3v) is 2.95. The van der Waals surface area contributed by atoms with Gasteiger partial charge in [0.05, 0.1) is 6.57 Å². The molecule has 6 nitrogen and oxygen atoms in total. The highest BCUT2D eigenvalue weighted by Gasteiger charge is 2.19. The molecule has 98 valence electrons. The zero-order valence-corrected chi connectivity index (χ0v) is 10.9. The Morgan fingerprint density at radius 3 is 2.84 bits per heavy atom. The Kier molecular flexibility index (Phi) is 3.47. The molecule has 2 aromatic heterocycles. The number of nitrogens with one attached hydrogen (secondary N) is 1. The Bertz CT molecular complexity index is 733. The van der Waals surface area contributed by atoms with Crippen molar-refractivity contribution in [1.82, 2.24) is 14.6 Å². The van der Waals surface area contributed by atoms with Gasteiger partial charge in [0.1, 0.15) is 5.69 Å². The van der Waals surface area contributed by atoms with E-state index < -0.39 is 0 Å². The van der Waals surface area contributed by atoms with Crippen LogP contribution >= 0.6 is 0 Å². The topological polar surface area (TPSA) is 71.6 Å². The molecule has 0 aliphatic rings. The van der Waals surface area contributed by atoms with Crippen molar-refractivity contribution in [3.63, 3.8) is 0 Å². The van der Waals surface area contributed by atoms with Crippen LogP contribution in [0.15, 0.2) is 11.0 Å². The van der Waals surface area contributed by atoms with E-state index in [0.717, 1.165) is 0 Å². The van der Waals surface area contributed by atoms with Gasteiger partial charge in [-0.25, -0.2) is 14.3 Å². The Morgan fingerprint density at radius 2 is 2.26 bits per heavy atom. The number of aromatic amines is 1. The van der Waals surface area contributed by atoms with Crippen LogP contribution in [0.3, 0.4) is 0 Å². The summed E-state index contributed by atoms with van der Waals surface area (Å²) >= 11 is 0. The van der Waals surface area contributed by atoms with Crippen LogP contribution in [0.1, 0.15) is 42.7 Å². The molecule has 2 aromatic rings. The number of carbonyl (C=O) groups excluding carboxylic acids is 1. The van der Waals surface area contributed by atoms with E-state index in [-0.39, 0.29) is 28.4 Å². The molecule has 0 bridgehead atoms. The Balaban J connectivity index is 2.79. The van der Waals surface area contributed by atoms with Crippen LogP contribution in [-0.2, 0) is 6.42 Å². The lowest BCUT2D eigenvalue weighted by atomic mass is 10.1. The average molecular weight is 258 g/mol. The van der Waals surface area contributed by atoms with Gasteiger partial charge < -0.3 is 5.10 Å². The fourth-order valence-electron chi connectivity index (χ4n) is 2.01. The summed E-state index contributed by atoms with van der Waals surface area (Å²) in [5.74, 6) is -0.143. The summed E-state index contributed by atoms with van der Waals surface area (Å²) < 4.78 is 1.22. The largest absolute Gasteiger partial charge is 0.308 e. The lowest BCUT2D eigenvalue weighted by Gasteiger charge is -2.06. The van der Waals surface area contributed by atoms with Crippen LogP contribution in [0.2, 0.25) is 0 Å². The molecule has 0 unspecified atom stereocenters. The van der Waals surface area contributed by atoms with Crippen LogP contribution in [0.5, 0.6) is 0 Å². The standard InChI is InChI=1S/C13H14N4O2/c1-4-6-10(18)11-8(5-2)13(19)17-12(16-11)9(14-3)7-15-17/h7,15H,4-6H2,1-2H3. The highest BCUT2D eigenvalue weighted by Crippen LogP contribution is 2.18. The van der Waals surface area contributed by atoms with Crippen molar-refractivity contribution in [2.24, 2.45) is 0 Å². The summed E-state index contributed by atoms with van der Waals surface area (Å²) in [5.41, 5.74) is 0.761. The minimum Gasteiger partial charge on any atom is -0.308 e. The second-order valence-electron chi connectivity index (χ2n) is 4.20. The van der Waals surface area contributed by atoms with Gasteiger partial charge in [0.2, 0.25) is 5.69 Å². The molecule has 0 aliphatic carbocycles. The molecule has 1 N–H and O–H groups in total. The van der Waals surface area contributed by atoms with Crippen LogP contribution in [-0.4, -0.2) is 20.4 Å². The first-order valence-electron chi connectivity index (χ1n) is 6.17. The maximum absolute atomic E-state index is 12.3. The molecule has 19 heavy (non-hydrogen) atoms. The fourth-order valence-corrected chi connectivity index (χ4v) is 2.01. The minimum atomic E-state index is -0.304. The van der Waals surface area contributed by atoms with Crippen LogP contribution in [0.4, 0.5) is 5.69 Å². The molecule has 0 spiro atoms. The normalized spacial score (nSPS) is 10.6. The fraction of sp³-hybridized carbons (Fsp3) is 0.385. The van der Waals surface area contributed by atoms with Crippen LogP contribution in [0.25, 0.3) is 10.5 Å². The minimum absolute atomic E-state index is 0.143. The molecule has 0 atom stereocenters. The van der Waals surface area contributed by atoms with Gasteiger partial charge in [-0.1, -0.05) is 13.8 Å². The average Bonchev–Trinajstić information content (AvgIpc) is 2.82. The monoisotopic (exact) mass is 258 g/mol. The predicted octanol–water partition coefficient (Wildman–Crippen LogP) is 2.12. The first kappa shape index (κ1) is 13.0. The van der Waals surface area contributed by atoms with Gasteiger partial charge in [0.15, 0.2) is 11.4 Å². The second kappa shape index (κ2) is 5.06. The van der Waals surface area contributed by atoms with Crippen molar-refractivity contribution in [3.05, 3.63) is 39.2 Å². The molecule has 0 aliphatic heterocycles. The van der Waals surface area contributed by atoms with E-state index in [0.29, 0.717) is 24.8 Å². The molecule has 0 amide bonds. The zero-order chi connectivity index (χ0) is 14.0. The second-order valence-corrected chi connectivity index (χ2v) is 4.20. The van der Waals surface area contributed by atoms with Gasteiger partial charge in [-0.15, -0.1) is 0 Å². The van der Waals surface area contributed by atoms with E-state index in [2.05, 4.69) is 14.9 Å². The number of aromatic nitrogens is 3. The van der Waals surface area contributed by atoms with Gasteiger partial charge in [0, 0.05) is 18.2 Å². The van der Waals surface area contributed by atoms with Crippen molar-refractivity contribution >= 4 is 17.1 Å². The van der Waals surface area contributed by atoms with Crippen molar-refractivity contribution in [3.8, 4) is 0 Å². The van der Waals surface area contributed by atoms with Crippen molar-refractivity contribution < 1.29 is 4.79 Å². The molecular formula is C13H14N4O2. The number of hydrogen-bond donors (Lipinski definition) is 1. The molecule has 0 aromatic carbocycles. The number of Topliss-reactive ketones (excluding diaryl/α,β-unsaturated/α-hetero) is 1. The maximum atomic E-state index is 12.3. The van der Waals surface area contributed by atoms with Gasteiger partial charge >= 0.3 is 0 Å². The summed E-state index contributed by atoms with van der Waals surface area (Å²) in [6.07, 6.45) is 2.91. The third kappa shape index (κ3) is 2.03. The molecular weight excluding hydrogens is 244 g/mol. The van der Waals surface area contributed by atoms with E-state index in [9.17, 15) is 9.59 Å². The number of hydrogen-bond acceptors (Lipinski definition) is 3. The summed E-state index contributed by atoms with van der Waals surface area (Å²) in [5, 5.41) is 2.70. The molecule has 0 saturated carbocycles. The molecule has 0 fully saturated rings. The van der Waals surface area contributed by atoms with Gasteiger partial charge in [-0.3, -0.25) is 9.59 Å². The highest BCUT2D eigenvalue weighted by molar-refractivity contribution is 5.96. The number of H-pyrrole nitrogens is 1. The van der Waals surface area contributed by atoms with E-state index >= 15 is 0 Å². The van der Waals surface area contributed by atoms with Gasteiger partial charge in [0.25, 0.3) is 5.56 Å². The first-order chi connectivity index (χ1) is 9.13. The SMILES string of the molecule is [C-]#[N+]c1c[nH]n2c(=O)c(CC)c(C(=O)CCC)nc12. The first-order valence-corrected chi connectivity index (χ1v) is 6.17. The molecule has 2 heterocycles. The van der Waals surface area contributed by atoms with Crippen molar-refractivity contribution in [2.75, 3.05) is 0 Å². The Labute approximate surface area is 109 Å². The van der Waals surface area contributed by atoms with E-state index in [4.69, 9.17) is 6.57 Å². The lowest BCUT2D eigenvalue weighted by molar-refractivity contribution is 0.0976. The number of ketones is 1. The highest BCUT2D eigenvalue weighted by atomic mass is 16.1. The zero-order valence-electron chi connectivity index (χ0n) is 10.9. The van der Waals surface area contributed by atoms with Gasteiger partial charge in [-0.05, 0) is 12.8 Å². The lowest BCUT2D eigenvalue weighted by Crippen LogP contribution is -2.24. The van der Waals surface area contributed by atoms with Crippen molar-refractivity contribution in [1.29, 1.82) is 0 Å². The number of fused-ring (bicyclic) bond motifs is 1. The van der Waals surface area contributed by atoms with Crippen LogP contribution in [0, 0.1) is 6.57 Å². The quantitative estimate of drug-likeness (QED) is 0.674. The summed E-state index contributed by atoms with van der Waals surface area (Å²) in [6.45, 7) is 10.7. The molecule has 0 saturated heterocycles. The number of carbonyl (C=O) groups is 1. The Hall–Kier alpha value is -2.42. The van der Waals surface area contributed by atoms with E-state index in [1.807, 2.05) is 13.8 Å².